The molecule has 3 aromatic rings. The van der Waals surface area contributed by atoms with Crippen molar-refractivity contribution in [3.8, 4) is 16.9 Å². The number of carbonyl (C=O) groups excluding carboxylic acids is 1. The standard InChI is InChI=1S/C19H17F2N3O/c1-12(2)22-19(25)18-11-17(13-3-5-14(20)6-4-13)23-24(18)16-9-7-15(21)8-10-16/h3-12H,1-2H3,(H,22,25). The van der Waals surface area contributed by atoms with Crippen LogP contribution in [0, 0.1) is 11.6 Å². The number of hydrogen-bond acceptors (Lipinski definition) is 2. The minimum atomic E-state index is -0.372. The van der Waals surface area contributed by atoms with Crippen LogP contribution in [0.15, 0.2) is 54.6 Å². The van der Waals surface area contributed by atoms with Crippen LogP contribution in [0.2, 0.25) is 0 Å². The van der Waals surface area contributed by atoms with Gasteiger partial charge < -0.3 is 5.32 Å². The van der Waals surface area contributed by atoms with Crippen LogP contribution in [0.5, 0.6) is 0 Å². The molecule has 0 aliphatic carbocycles. The fourth-order valence-corrected chi connectivity index (χ4v) is 2.42. The topological polar surface area (TPSA) is 46.9 Å². The second-order valence-electron chi connectivity index (χ2n) is 5.94. The summed E-state index contributed by atoms with van der Waals surface area (Å²) in [7, 11) is 0. The van der Waals surface area contributed by atoms with Crippen molar-refractivity contribution < 1.29 is 13.6 Å². The van der Waals surface area contributed by atoms with Gasteiger partial charge >= 0.3 is 0 Å². The average molecular weight is 341 g/mol. The molecule has 0 aliphatic rings. The van der Waals surface area contributed by atoms with E-state index in [0.29, 0.717) is 22.6 Å². The van der Waals surface area contributed by atoms with Crippen molar-refractivity contribution in [1.29, 1.82) is 0 Å². The maximum atomic E-state index is 13.2. The maximum Gasteiger partial charge on any atom is 0.270 e. The second-order valence-corrected chi connectivity index (χ2v) is 5.94. The Kier molecular flexibility index (Phi) is 4.61. The van der Waals surface area contributed by atoms with E-state index in [4.69, 9.17) is 0 Å². The van der Waals surface area contributed by atoms with Gasteiger partial charge in [-0.3, -0.25) is 4.79 Å². The molecule has 1 heterocycles. The Balaban J connectivity index is 2.09. The largest absolute Gasteiger partial charge is 0.349 e. The SMILES string of the molecule is CC(C)NC(=O)c1cc(-c2ccc(F)cc2)nn1-c1ccc(F)cc1. The lowest BCUT2D eigenvalue weighted by Gasteiger charge is -2.10. The Labute approximate surface area is 144 Å². The van der Waals surface area contributed by atoms with Gasteiger partial charge in [0.15, 0.2) is 0 Å². The molecule has 0 bridgehead atoms. The number of nitrogens with one attached hydrogen (secondary N) is 1. The van der Waals surface area contributed by atoms with Gasteiger partial charge in [0, 0.05) is 11.6 Å². The summed E-state index contributed by atoms with van der Waals surface area (Å²) in [5.41, 5.74) is 2.09. The zero-order valence-electron chi connectivity index (χ0n) is 13.8. The molecule has 3 rings (SSSR count). The van der Waals surface area contributed by atoms with Gasteiger partial charge in [-0.15, -0.1) is 0 Å². The van der Waals surface area contributed by atoms with Crippen molar-refractivity contribution in [1.82, 2.24) is 15.1 Å². The Morgan fingerprint density at radius 2 is 1.56 bits per heavy atom. The van der Waals surface area contributed by atoms with Crippen LogP contribution in [0.1, 0.15) is 24.3 Å². The molecule has 4 nitrogen and oxygen atoms in total. The molecule has 128 valence electrons. The first-order valence-corrected chi connectivity index (χ1v) is 7.87. The van der Waals surface area contributed by atoms with Gasteiger partial charge in [-0.25, -0.2) is 13.5 Å². The summed E-state index contributed by atoms with van der Waals surface area (Å²) in [5.74, 6) is -1.01. The van der Waals surface area contributed by atoms with E-state index >= 15 is 0 Å². The normalized spacial score (nSPS) is 10.9. The molecule has 0 radical (unpaired) electrons. The summed E-state index contributed by atoms with van der Waals surface area (Å²) in [4.78, 5) is 12.5. The first-order chi connectivity index (χ1) is 11.9. The fourth-order valence-electron chi connectivity index (χ4n) is 2.42. The minimum Gasteiger partial charge on any atom is -0.349 e. The highest BCUT2D eigenvalue weighted by Crippen LogP contribution is 2.22. The quantitative estimate of drug-likeness (QED) is 0.781. The molecule has 0 spiro atoms. The third-order valence-corrected chi connectivity index (χ3v) is 3.57. The average Bonchev–Trinajstić information content (AvgIpc) is 3.01. The van der Waals surface area contributed by atoms with Gasteiger partial charge in [-0.05, 0) is 68.4 Å². The van der Waals surface area contributed by atoms with Crippen molar-refractivity contribution in [3.05, 3.63) is 71.9 Å². The van der Waals surface area contributed by atoms with E-state index in [1.165, 1.54) is 28.9 Å². The van der Waals surface area contributed by atoms with Gasteiger partial charge in [0.1, 0.15) is 17.3 Å². The molecule has 1 aromatic heterocycles. The molecule has 0 aliphatic heterocycles. The zero-order valence-corrected chi connectivity index (χ0v) is 13.8. The summed E-state index contributed by atoms with van der Waals surface area (Å²) >= 11 is 0. The lowest BCUT2D eigenvalue weighted by Crippen LogP contribution is -2.31. The highest BCUT2D eigenvalue weighted by molar-refractivity contribution is 5.94. The molecule has 0 fully saturated rings. The zero-order chi connectivity index (χ0) is 18.0. The molecular weight excluding hydrogens is 324 g/mol. The number of amides is 1. The molecule has 0 saturated carbocycles. The van der Waals surface area contributed by atoms with Crippen LogP contribution >= 0.6 is 0 Å². The molecule has 0 unspecified atom stereocenters. The summed E-state index contributed by atoms with van der Waals surface area (Å²) in [6, 6.07) is 13.1. The van der Waals surface area contributed by atoms with Crippen molar-refractivity contribution in [2.75, 3.05) is 0 Å². The van der Waals surface area contributed by atoms with E-state index in [2.05, 4.69) is 10.4 Å². The predicted octanol–water partition coefficient (Wildman–Crippen LogP) is 3.96. The number of hydrogen-bond donors (Lipinski definition) is 1. The number of halogens is 2. The Morgan fingerprint density at radius 3 is 2.12 bits per heavy atom. The summed E-state index contributed by atoms with van der Waals surface area (Å²) in [6.07, 6.45) is 0. The Hall–Kier alpha value is -3.02. The van der Waals surface area contributed by atoms with Crippen LogP contribution in [0.3, 0.4) is 0 Å². The van der Waals surface area contributed by atoms with Crippen LogP contribution in [-0.4, -0.2) is 21.7 Å². The fraction of sp³-hybridized carbons (Fsp3) is 0.158. The lowest BCUT2D eigenvalue weighted by molar-refractivity contribution is 0.0935. The number of aromatic nitrogens is 2. The first-order valence-electron chi connectivity index (χ1n) is 7.87. The van der Waals surface area contributed by atoms with E-state index in [1.54, 1.807) is 30.3 Å². The van der Waals surface area contributed by atoms with Gasteiger partial charge in [0.05, 0.1) is 11.4 Å². The van der Waals surface area contributed by atoms with E-state index in [0.717, 1.165) is 0 Å². The third kappa shape index (κ3) is 3.74. The van der Waals surface area contributed by atoms with E-state index < -0.39 is 0 Å². The Bertz CT molecular complexity index is 884. The molecule has 0 atom stereocenters. The number of nitrogens with zero attached hydrogens (tertiary/aromatic N) is 2. The van der Waals surface area contributed by atoms with E-state index in [9.17, 15) is 13.6 Å². The molecule has 2 aromatic carbocycles. The molecule has 0 saturated heterocycles. The molecule has 1 amide bonds. The Morgan fingerprint density at radius 1 is 1.00 bits per heavy atom. The van der Waals surface area contributed by atoms with Crippen LogP contribution in [-0.2, 0) is 0 Å². The van der Waals surface area contributed by atoms with Crippen LogP contribution in [0.4, 0.5) is 8.78 Å². The van der Waals surface area contributed by atoms with Gasteiger partial charge in [-0.1, -0.05) is 0 Å². The van der Waals surface area contributed by atoms with Gasteiger partial charge in [-0.2, -0.15) is 5.10 Å². The van der Waals surface area contributed by atoms with E-state index in [-0.39, 0.29) is 23.6 Å². The van der Waals surface area contributed by atoms with E-state index in [1.807, 2.05) is 13.8 Å². The van der Waals surface area contributed by atoms with Crippen molar-refractivity contribution in [3.63, 3.8) is 0 Å². The molecule has 6 heteroatoms. The smallest absolute Gasteiger partial charge is 0.270 e. The predicted molar refractivity (Wildman–Crippen MR) is 91.5 cm³/mol. The molecule has 1 N–H and O–H groups in total. The van der Waals surface area contributed by atoms with Gasteiger partial charge in [0.25, 0.3) is 5.91 Å². The molecular formula is C19H17F2N3O. The van der Waals surface area contributed by atoms with Crippen LogP contribution < -0.4 is 5.32 Å². The van der Waals surface area contributed by atoms with Crippen molar-refractivity contribution in [2.24, 2.45) is 0 Å². The van der Waals surface area contributed by atoms with Crippen molar-refractivity contribution in [2.45, 2.75) is 19.9 Å². The summed E-state index contributed by atoms with van der Waals surface area (Å²) < 4.78 is 27.8. The second kappa shape index (κ2) is 6.84. The summed E-state index contributed by atoms with van der Waals surface area (Å²) in [5, 5.41) is 7.27. The maximum absolute atomic E-state index is 13.2. The van der Waals surface area contributed by atoms with Crippen LogP contribution in [0.25, 0.3) is 16.9 Å². The molecule has 25 heavy (non-hydrogen) atoms. The highest BCUT2D eigenvalue weighted by Gasteiger charge is 2.18. The van der Waals surface area contributed by atoms with Gasteiger partial charge in [0.2, 0.25) is 0 Å². The van der Waals surface area contributed by atoms with Crippen molar-refractivity contribution >= 4 is 5.91 Å². The first kappa shape index (κ1) is 16.8. The minimum absolute atomic E-state index is 0.0432. The lowest BCUT2D eigenvalue weighted by atomic mass is 10.1. The monoisotopic (exact) mass is 341 g/mol. The number of rotatable bonds is 4. The third-order valence-electron chi connectivity index (χ3n) is 3.57. The highest BCUT2D eigenvalue weighted by atomic mass is 19.1. The number of carbonyl (C=O) groups is 1. The number of benzene rings is 2. The summed E-state index contributed by atoms with van der Waals surface area (Å²) in [6.45, 7) is 3.72.